The number of aliphatic carboxylic acids is 1. The maximum atomic E-state index is 12.8. The Hall–Kier alpha value is -3.48. The maximum Gasteiger partial charge on any atom is 0.235 e. The van der Waals surface area contributed by atoms with Crippen LogP contribution in [0.1, 0.15) is 19.6 Å². The van der Waals surface area contributed by atoms with E-state index in [1.165, 1.54) is 25.1 Å². The summed E-state index contributed by atoms with van der Waals surface area (Å²) in [5.41, 5.74) is -0.0725. The maximum absolute atomic E-state index is 12.8. The summed E-state index contributed by atoms with van der Waals surface area (Å²) >= 11 is 0. The molecule has 0 aliphatic rings. The van der Waals surface area contributed by atoms with Gasteiger partial charge < -0.3 is 28.5 Å². The molecule has 1 atom stereocenters. The monoisotopic (exact) mass is 383 g/mol. The molecule has 28 heavy (non-hydrogen) atoms. The molecule has 3 rings (SSSR count). The van der Waals surface area contributed by atoms with Crippen molar-refractivity contribution in [1.29, 1.82) is 0 Å². The average molecular weight is 383 g/mol. The predicted molar refractivity (Wildman–Crippen MR) is 100 cm³/mol. The highest BCUT2D eigenvalue weighted by Gasteiger charge is 2.15. The summed E-state index contributed by atoms with van der Waals surface area (Å²) in [6, 6.07) is 11.4. The van der Waals surface area contributed by atoms with Gasteiger partial charge in [-0.2, -0.15) is 0 Å². The lowest BCUT2D eigenvalue weighted by molar-refractivity contribution is -0.312. The zero-order valence-electron chi connectivity index (χ0n) is 15.7. The molecule has 3 aromatic rings. The number of carboxylic acids is 1. The van der Waals surface area contributed by atoms with Crippen LogP contribution < -0.4 is 24.7 Å². The topological polar surface area (TPSA) is 98.0 Å². The quantitative estimate of drug-likeness (QED) is 0.619. The van der Waals surface area contributed by atoms with Gasteiger partial charge in [0.15, 0.2) is 0 Å². The highest BCUT2D eigenvalue weighted by Crippen LogP contribution is 2.28. The predicted octanol–water partition coefficient (Wildman–Crippen LogP) is 2.81. The minimum absolute atomic E-state index is 0.0773. The number of aryl methyl sites for hydroxylation is 1. The third-order valence-electron chi connectivity index (χ3n) is 3.99. The Morgan fingerprint density at radius 3 is 2.39 bits per heavy atom. The first kappa shape index (κ1) is 19.3. The summed E-state index contributed by atoms with van der Waals surface area (Å²) in [4.78, 5) is 23.6. The van der Waals surface area contributed by atoms with E-state index in [-0.39, 0.29) is 28.3 Å². The molecule has 0 bridgehead atoms. The SMILES string of the molecule is CCOc1ccc(Oc2c(C)oc3cc(OC(C)C(=O)[O-])ccc3c2=O)cc1. The number of rotatable bonds is 7. The van der Waals surface area contributed by atoms with E-state index in [0.717, 1.165) is 0 Å². The Balaban J connectivity index is 1.92. The number of carbonyl (C=O) groups is 1. The molecule has 0 saturated heterocycles. The molecule has 0 aliphatic heterocycles. The molecule has 0 radical (unpaired) electrons. The molecular formula is C21H19O7-. The molecule has 1 aromatic heterocycles. The zero-order valence-corrected chi connectivity index (χ0v) is 15.7. The fourth-order valence-corrected chi connectivity index (χ4v) is 2.60. The number of hydrogen-bond donors (Lipinski definition) is 0. The van der Waals surface area contributed by atoms with E-state index < -0.39 is 12.1 Å². The van der Waals surface area contributed by atoms with E-state index in [1.807, 2.05) is 6.92 Å². The smallest absolute Gasteiger partial charge is 0.235 e. The van der Waals surface area contributed by atoms with E-state index in [1.54, 1.807) is 31.2 Å². The molecule has 7 nitrogen and oxygen atoms in total. The Morgan fingerprint density at radius 2 is 1.75 bits per heavy atom. The number of hydrogen-bond acceptors (Lipinski definition) is 7. The lowest BCUT2D eigenvalue weighted by Gasteiger charge is -2.15. The number of fused-ring (bicyclic) bond motifs is 1. The molecule has 0 aliphatic carbocycles. The second-order valence-electron chi connectivity index (χ2n) is 6.06. The number of ether oxygens (including phenoxy) is 3. The van der Waals surface area contributed by atoms with Crippen LogP contribution in [0.5, 0.6) is 23.0 Å². The lowest BCUT2D eigenvalue weighted by atomic mass is 10.2. The molecule has 1 heterocycles. The van der Waals surface area contributed by atoms with Crippen LogP contribution in [0.4, 0.5) is 0 Å². The highest BCUT2D eigenvalue weighted by molar-refractivity contribution is 5.80. The van der Waals surface area contributed by atoms with Gasteiger partial charge in [0.25, 0.3) is 0 Å². The summed E-state index contributed by atoms with van der Waals surface area (Å²) in [6.07, 6.45) is -1.13. The van der Waals surface area contributed by atoms with E-state index in [0.29, 0.717) is 23.5 Å². The van der Waals surface area contributed by atoms with Gasteiger partial charge in [-0.25, -0.2) is 0 Å². The Bertz CT molecular complexity index is 1050. The van der Waals surface area contributed by atoms with Crippen molar-refractivity contribution in [2.75, 3.05) is 6.61 Å². The van der Waals surface area contributed by atoms with Gasteiger partial charge >= 0.3 is 0 Å². The van der Waals surface area contributed by atoms with E-state index >= 15 is 0 Å². The third kappa shape index (κ3) is 4.09. The number of benzene rings is 2. The first-order chi connectivity index (χ1) is 13.4. The van der Waals surface area contributed by atoms with Gasteiger partial charge in [-0.3, -0.25) is 4.79 Å². The zero-order chi connectivity index (χ0) is 20.3. The third-order valence-corrected chi connectivity index (χ3v) is 3.99. The molecule has 146 valence electrons. The molecule has 7 heteroatoms. The summed E-state index contributed by atoms with van der Waals surface area (Å²) in [6.45, 7) is 5.42. The number of carboxylic acid groups (broad SMARTS) is 1. The van der Waals surface area contributed by atoms with Crippen LogP contribution in [0.2, 0.25) is 0 Å². The standard InChI is InChI=1S/C21H20O7/c1-4-25-14-5-7-15(8-6-14)28-20-12(2)27-18-11-16(26-13(3)21(23)24)9-10-17(18)19(20)22/h5-11,13H,4H2,1-3H3,(H,23,24)/p-1. The minimum atomic E-state index is -1.34. The van der Waals surface area contributed by atoms with Crippen LogP contribution in [0, 0.1) is 6.92 Å². The Kier molecular flexibility index (Phi) is 5.54. The molecule has 0 fully saturated rings. The van der Waals surface area contributed by atoms with Crippen molar-refractivity contribution in [2.45, 2.75) is 26.9 Å². The van der Waals surface area contributed by atoms with Gasteiger partial charge in [0.2, 0.25) is 11.2 Å². The normalized spacial score (nSPS) is 11.8. The van der Waals surface area contributed by atoms with Gasteiger partial charge in [0.05, 0.1) is 18.0 Å². The fraction of sp³-hybridized carbons (Fsp3) is 0.238. The van der Waals surface area contributed by atoms with Crippen LogP contribution in [0.3, 0.4) is 0 Å². The van der Waals surface area contributed by atoms with Crippen molar-refractivity contribution in [3.8, 4) is 23.0 Å². The van der Waals surface area contributed by atoms with Gasteiger partial charge in [-0.15, -0.1) is 0 Å². The average Bonchev–Trinajstić information content (AvgIpc) is 2.66. The van der Waals surface area contributed by atoms with Crippen LogP contribution in [0.15, 0.2) is 51.7 Å². The molecule has 0 amide bonds. The molecule has 0 spiro atoms. The molecule has 0 N–H and O–H groups in total. The molecule has 2 aromatic carbocycles. The minimum Gasteiger partial charge on any atom is -0.546 e. The lowest BCUT2D eigenvalue weighted by Crippen LogP contribution is -2.37. The van der Waals surface area contributed by atoms with Crippen molar-refractivity contribution in [3.05, 3.63) is 58.4 Å². The van der Waals surface area contributed by atoms with E-state index in [4.69, 9.17) is 18.6 Å². The first-order valence-electron chi connectivity index (χ1n) is 8.74. The molecule has 0 saturated carbocycles. The van der Waals surface area contributed by atoms with E-state index in [2.05, 4.69) is 0 Å². The Labute approximate surface area is 161 Å². The second kappa shape index (κ2) is 8.04. The largest absolute Gasteiger partial charge is 0.546 e. The van der Waals surface area contributed by atoms with E-state index in [9.17, 15) is 14.7 Å². The van der Waals surface area contributed by atoms with Gasteiger partial charge in [-0.1, -0.05) is 0 Å². The van der Waals surface area contributed by atoms with Gasteiger partial charge in [0, 0.05) is 6.07 Å². The van der Waals surface area contributed by atoms with Crippen molar-refractivity contribution in [1.82, 2.24) is 0 Å². The van der Waals surface area contributed by atoms with Crippen LogP contribution in [-0.2, 0) is 4.79 Å². The summed E-state index contributed by atoms with van der Waals surface area (Å²) in [5, 5.41) is 11.1. The van der Waals surface area contributed by atoms with Gasteiger partial charge in [0.1, 0.15) is 34.7 Å². The van der Waals surface area contributed by atoms with Crippen molar-refractivity contribution in [2.24, 2.45) is 0 Å². The van der Waals surface area contributed by atoms with Crippen molar-refractivity contribution < 1.29 is 28.5 Å². The first-order valence-corrected chi connectivity index (χ1v) is 8.74. The van der Waals surface area contributed by atoms with Crippen LogP contribution >= 0.6 is 0 Å². The van der Waals surface area contributed by atoms with Gasteiger partial charge in [-0.05, 0) is 57.2 Å². The summed E-state index contributed by atoms with van der Waals surface area (Å²) in [7, 11) is 0. The molecule has 1 unspecified atom stereocenters. The fourth-order valence-electron chi connectivity index (χ4n) is 2.60. The summed E-state index contributed by atoms with van der Waals surface area (Å²) < 4.78 is 22.1. The number of carbonyl (C=O) groups excluding carboxylic acids is 1. The van der Waals surface area contributed by atoms with Crippen molar-refractivity contribution in [3.63, 3.8) is 0 Å². The van der Waals surface area contributed by atoms with Crippen LogP contribution in [0.25, 0.3) is 11.0 Å². The second-order valence-corrected chi connectivity index (χ2v) is 6.06. The Morgan fingerprint density at radius 1 is 1.11 bits per heavy atom. The highest BCUT2D eigenvalue weighted by atomic mass is 16.5. The summed E-state index contributed by atoms with van der Waals surface area (Å²) in [5.74, 6) is 0.463. The molecular weight excluding hydrogens is 364 g/mol. The van der Waals surface area contributed by atoms with Crippen LogP contribution in [-0.4, -0.2) is 18.7 Å². The van der Waals surface area contributed by atoms with Crippen molar-refractivity contribution >= 4 is 16.9 Å².